The van der Waals surface area contributed by atoms with Gasteiger partial charge in [0.1, 0.15) is 6.04 Å². The Hall–Kier alpha value is -1.70. The fourth-order valence-electron chi connectivity index (χ4n) is 2.50. The van der Waals surface area contributed by atoms with Crippen LogP contribution in [0, 0.1) is 0 Å². The normalized spacial score (nSPS) is 19.0. The molecule has 8 heteroatoms. The number of aliphatic imine (C=N–C) groups is 1. The van der Waals surface area contributed by atoms with Crippen LogP contribution in [-0.2, 0) is 6.54 Å². The molecule has 2 rings (SSSR count). The lowest BCUT2D eigenvalue weighted by Crippen LogP contribution is -2.56. The van der Waals surface area contributed by atoms with Gasteiger partial charge >= 0.3 is 6.18 Å². The summed E-state index contributed by atoms with van der Waals surface area (Å²) in [6.07, 6.45) is -0.951. The van der Waals surface area contributed by atoms with E-state index in [9.17, 15) is 13.2 Å². The van der Waals surface area contributed by atoms with Gasteiger partial charge in [0.25, 0.3) is 0 Å². The number of halogens is 3. The Morgan fingerprint density at radius 3 is 2.57 bits per heavy atom. The van der Waals surface area contributed by atoms with Crippen molar-refractivity contribution in [1.29, 1.82) is 0 Å². The second-order valence-corrected chi connectivity index (χ2v) is 5.54. The summed E-state index contributed by atoms with van der Waals surface area (Å²) in [7, 11) is 0. The number of hydrogen-bond donors (Lipinski definition) is 1. The Labute approximate surface area is 134 Å². The fraction of sp³-hybridized carbons (Fsp3) is 0.667. The third kappa shape index (κ3) is 4.89. The molecule has 0 spiro atoms. The van der Waals surface area contributed by atoms with Gasteiger partial charge in [0.15, 0.2) is 5.96 Å². The number of furan rings is 1. The predicted molar refractivity (Wildman–Crippen MR) is 82.2 cm³/mol. The highest BCUT2D eigenvalue weighted by Crippen LogP contribution is 2.25. The Kier molecular flexibility index (Phi) is 5.92. The van der Waals surface area contributed by atoms with Gasteiger partial charge in [0, 0.05) is 38.3 Å². The second kappa shape index (κ2) is 7.72. The van der Waals surface area contributed by atoms with Crippen LogP contribution >= 0.6 is 0 Å². The van der Waals surface area contributed by atoms with E-state index < -0.39 is 12.2 Å². The lowest BCUT2D eigenvalue weighted by molar-refractivity contribution is -0.181. The van der Waals surface area contributed by atoms with Crippen molar-refractivity contribution in [1.82, 2.24) is 15.1 Å². The molecule has 1 N–H and O–H groups in total. The second-order valence-electron chi connectivity index (χ2n) is 5.54. The topological polar surface area (TPSA) is 44.0 Å². The molecule has 1 aliphatic rings. The number of nitrogens with zero attached hydrogens (tertiary/aromatic N) is 3. The van der Waals surface area contributed by atoms with E-state index in [4.69, 9.17) is 4.42 Å². The van der Waals surface area contributed by atoms with Crippen molar-refractivity contribution in [2.24, 2.45) is 4.99 Å². The Bertz CT molecular complexity index is 493. The molecule has 1 saturated heterocycles. The smallest absolute Gasteiger partial charge is 0.403 e. The van der Waals surface area contributed by atoms with E-state index in [2.05, 4.69) is 10.3 Å². The average Bonchev–Trinajstić information content (AvgIpc) is 3.03. The van der Waals surface area contributed by atoms with Crippen molar-refractivity contribution in [3.63, 3.8) is 0 Å². The van der Waals surface area contributed by atoms with Gasteiger partial charge in [-0.25, -0.2) is 4.99 Å². The maximum Gasteiger partial charge on any atom is 0.403 e. The summed E-state index contributed by atoms with van der Waals surface area (Å²) in [4.78, 5) is 8.00. The minimum atomic E-state index is -4.18. The average molecular weight is 332 g/mol. The van der Waals surface area contributed by atoms with Crippen molar-refractivity contribution in [2.75, 3.05) is 32.7 Å². The number of hydrogen-bond acceptors (Lipinski definition) is 3. The lowest BCUT2D eigenvalue weighted by Gasteiger charge is -2.39. The molecule has 1 aliphatic heterocycles. The summed E-state index contributed by atoms with van der Waals surface area (Å²) in [5.41, 5.74) is 0.963. The van der Waals surface area contributed by atoms with Crippen LogP contribution in [0.5, 0.6) is 0 Å². The van der Waals surface area contributed by atoms with Crippen molar-refractivity contribution < 1.29 is 17.6 Å². The first-order chi connectivity index (χ1) is 10.9. The summed E-state index contributed by atoms with van der Waals surface area (Å²) in [6, 6.07) is 0.436. The first-order valence-corrected chi connectivity index (χ1v) is 7.77. The molecule has 1 unspecified atom stereocenters. The summed E-state index contributed by atoms with van der Waals surface area (Å²) in [5, 5.41) is 3.19. The van der Waals surface area contributed by atoms with Gasteiger partial charge in [-0.2, -0.15) is 13.2 Å². The van der Waals surface area contributed by atoms with Crippen LogP contribution in [0.3, 0.4) is 0 Å². The molecule has 1 aromatic rings. The van der Waals surface area contributed by atoms with E-state index in [1.807, 2.05) is 17.9 Å². The van der Waals surface area contributed by atoms with Crippen LogP contribution in [0.4, 0.5) is 13.2 Å². The van der Waals surface area contributed by atoms with E-state index in [0.29, 0.717) is 39.3 Å². The molecule has 2 heterocycles. The SMILES string of the molecule is CCNC(=NCc1ccoc1)N1CCN(C(C)C(F)(F)F)CC1. The quantitative estimate of drug-likeness (QED) is 0.679. The zero-order valence-electron chi connectivity index (χ0n) is 13.4. The molecule has 0 saturated carbocycles. The number of guanidine groups is 1. The lowest BCUT2D eigenvalue weighted by atomic mass is 10.2. The maximum atomic E-state index is 12.8. The first-order valence-electron chi connectivity index (χ1n) is 7.77. The predicted octanol–water partition coefficient (Wildman–Crippen LogP) is 2.31. The number of piperazine rings is 1. The van der Waals surface area contributed by atoms with E-state index in [1.165, 1.54) is 11.8 Å². The van der Waals surface area contributed by atoms with Gasteiger partial charge in [0.2, 0.25) is 0 Å². The van der Waals surface area contributed by atoms with Crippen LogP contribution in [0.2, 0.25) is 0 Å². The van der Waals surface area contributed by atoms with E-state index in [1.54, 1.807) is 12.5 Å². The van der Waals surface area contributed by atoms with E-state index in [0.717, 1.165) is 11.5 Å². The zero-order valence-corrected chi connectivity index (χ0v) is 13.4. The van der Waals surface area contributed by atoms with Crippen LogP contribution in [0.1, 0.15) is 19.4 Å². The fourth-order valence-corrected chi connectivity index (χ4v) is 2.50. The van der Waals surface area contributed by atoms with Crippen molar-refractivity contribution in [3.8, 4) is 0 Å². The Morgan fingerprint density at radius 2 is 2.04 bits per heavy atom. The minimum Gasteiger partial charge on any atom is -0.472 e. The summed E-state index contributed by atoms with van der Waals surface area (Å²) < 4.78 is 43.4. The highest BCUT2D eigenvalue weighted by atomic mass is 19.4. The van der Waals surface area contributed by atoms with Crippen LogP contribution in [0.25, 0.3) is 0 Å². The molecule has 0 radical (unpaired) electrons. The van der Waals surface area contributed by atoms with Gasteiger partial charge < -0.3 is 14.6 Å². The molecule has 130 valence electrons. The van der Waals surface area contributed by atoms with E-state index in [-0.39, 0.29) is 0 Å². The largest absolute Gasteiger partial charge is 0.472 e. The van der Waals surface area contributed by atoms with Gasteiger partial charge in [-0.1, -0.05) is 0 Å². The van der Waals surface area contributed by atoms with Gasteiger partial charge in [-0.15, -0.1) is 0 Å². The first kappa shape index (κ1) is 17.7. The highest BCUT2D eigenvalue weighted by molar-refractivity contribution is 5.80. The molecular weight excluding hydrogens is 309 g/mol. The molecule has 1 aromatic heterocycles. The molecule has 0 aromatic carbocycles. The van der Waals surface area contributed by atoms with Gasteiger partial charge in [-0.3, -0.25) is 4.90 Å². The third-order valence-electron chi connectivity index (χ3n) is 3.96. The van der Waals surface area contributed by atoms with Crippen molar-refractivity contribution >= 4 is 5.96 Å². The van der Waals surface area contributed by atoms with E-state index >= 15 is 0 Å². The molecule has 5 nitrogen and oxygen atoms in total. The number of nitrogens with one attached hydrogen (secondary N) is 1. The summed E-state index contributed by atoms with van der Waals surface area (Å²) in [6.45, 7) is 6.17. The summed E-state index contributed by atoms with van der Waals surface area (Å²) in [5.74, 6) is 0.730. The van der Waals surface area contributed by atoms with Crippen LogP contribution in [-0.4, -0.2) is 60.7 Å². The molecule has 0 bridgehead atoms. The van der Waals surface area contributed by atoms with Gasteiger partial charge in [-0.05, 0) is 19.9 Å². The van der Waals surface area contributed by atoms with Gasteiger partial charge in [0.05, 0.1) is 19.1 Å². The molecule has 0 amide bonds. The minimum absolute atomic E-state index is 0.372. The van der Waals surface area contributed by atoms with Crippen molar-refractivity contribution in [3.05, 3.63) is 24.2 Å². The summed E-state index contributed by atoms with van der Waals surface area (Å²) >= 11 is 0. The molecule has 1 atom stereocenters. The maximum absolute atomic E-state index is 12.8. The molecule has 23 heavy (non-hydrogen) atoms. The highest BCUT2D eigenvalue weighted by Gasteiger charge is 2.41. The standard InChI is InChI=1S/C15H23F3N4O/c1-3-19-14(20-10-13-4-9-23-11-13)22-7-5-21(6-8-22)12(2)15(16,17)18/h4,9,11-12H,3,5-8,10H2,1-2H3,(H,19,20). The Morgan fingerprint density at radius 1 is 1.35 bits per heavy atom. The third-order valence-corrected chi connectivity index (χ3v) is 3.96. The molecule has 1 fully saturated rings. The Balaban J connectivity index is 1.93. The van der Waals surface area contributed by atoms with Crippen LogP contribution < -0.4 is 5.32 Å². The number of alkyl halides is 3. The molecule has 0 aliphatic carbocycles. The zero-order chi connectivity index (χ0) is 16.9. The number of rotatable bonds is 4. The van der Waals surface area contributed by atoms with Crippen LogP contribution in [0.15, 0.2) is 28.0 Å². The van der Waals surface area contributed by atoms with Crippen molar-refractivity contribution in [2.45, 2.75) is 32.6 Å². The molecular formula is C15H23F3N4O. The monoisotopic (exact) mass is 332 g/mol.